The predicted molar refractivity (Wildman–Crippen MR) is 135 cm³/mol. The Morgan fingerprint density at radius 2 is 1.79 bits per heavy atom. The van der Waals surface area contributed by atoms with Crippen LogP contribution in [0, 0.1) is 16.7 Å². The molecule has 0 radical (unpaired) electrons. The van der Waals surface area contributed by atoms with E-state index in [-0.39, 0.29) is 22.5 Å². The molecular weight excluding hydrogens is 452 g/mol. The van der Waals surface area contributed by atoms with Crippen molar-refractivity contribution >= 4 is 27.9 Å². The number of carboxylic acid groups (broad SMARTS) is 1. The number of anilines is 2. The number of hydrogen-bond donors (Lipinski definition) is 3. The molecule has 0 saturated carbocycles. The van der Waals surface area contributed by atoms with Gasteiger partial charge in [0, 0.05) is 29.5 Å². The van der Waals surface area contributed by atoms with Gasteiger partial charge in [0.05, 0.1) is 16.1 Å². The molecule has 0 aromatic heterocycles. The van der Waals surface area contributed by atoms with Gasteiger partial charge in [-0.2, -0.15) is 15.9 Å². The minimum Gasteiger partial charge on any atom is -0.480 e. The van der Waals surface area contributed by atoms with E-state index in [9.17, 15) is 19.2 Å². The summed E-state index contributed by atoms with van der Waals surface area (Å²) in [6, 6.07) is 14.9. The summed E-state index contributed by atoms with van der Waals surface area (Å²) in [5.74, 6) is -0.901. The lowest BCUT2D eigenvalue weighted by molar-refractivity contribution is -0.139. The Bertz CT molecular complexity index is 1030. The standard InChI is InChI=1S/C26H34N2O5S/c1-3-5-12-26(13-6-4-2)18-28(21-10-8-7-9-11-21)22-14-20(16-27)23(33-17-25(29)30)15-24(22)34(31,32)19-26/h7-11,14-15,31-32H,3-6,12-13,17-19H2,1-2H3,(H,29,30). The van der Waals surface area contributed by atoms with Gasteiger partial charge in [0.2, 0.25) is 0 Å². The third-order valence-corrected chi connectivity index (χ3v) is 8.41. The van der Waals surface area contributed by atoms with Crippen LogP contribution in [0.4, 0.5) is 11.4 Å². The summed E-state index contributed by atoms with van der Waals surface area (Å²) in [5, 5.41) is 18.8. The minimum absolute atomic E-state index is 0.0475. The predicted octanol–water partition coefficient (Wildman–Crippen LogP) is 6.65. The van der Waals surface area contributed by atoms with Crippen molar-refractivity contribution in [2.45, 2.75) is 57.3 Å². The van der Waals surface area contributed by atoms with Crippen LogP contribution in [0.1, 0.15) is 57.9 Å². The van der Waals surface area contributed by atoms with Crippen molar-refractivity contribution in [3.8, 4) is 11.8 Å². The van der Waals surface area contributed by atoms with Gasteiger partial charge in [-0.1, -0.05) is 57.7 Å². The average molecular weight is 487 g/mol. The summed E-state index contributed by atoms with van der Waals surface area (Å²) in [6.07, 6.45) is 5.71. The number of rotatable bonds is 10. The van der Waals surface area contributed by atoms with Crippen molar-refractivity contribution in [3.05, 3.63) is 48.0 Å². The van der Waals surface area contributed by atoms with Gasteiger partial charge in [-0.15, -0.1) is 0 Å². The third kappa shape index (κ3) is 5.84. The molecule has 0 saturated heterocycles. The fourth-order valence-electron chi connectivity index (χ4n) is 4.71. The number of aliphatic carboxylic acids is 1. The van der Waals surface area contributed by atoms with Crippen LogP contribution in [0.15, 0.2) is 47.4 Å². The Morgan fingerprint density at radius 3 is 2.35 bits per heavy atom. The van der Waals surface area contributed by atoms with E-state index in [1.165, 1.54) is 6.07 Å². The molecule has 1 aliphatic rings. The number of nitriles is 1. The Morgan fingerprint density at radius 1 is 1.15 bits per heavy atom. The highest BCUT2D eigenvalue weighted by atomic mass is 32.3. The summed E-state index contributed by atoms with van der Waals surface area (Å²) >= 11 is 0. The molecule has 0 atom stereocenters. The largest absolute Gasteiger partial charge is 0.480 e. The molecule has 3 N–H and O–H groups in total. The number of fused-ring (bicyclic) bond motifs is 1. The Hall–Kier alpha value is -2.73. The van der Waals surface area contributed by atoms with Crippen molar-refractivity contribution in [1.29, 1.82) is 5.26 Å². The molecule has 1 aliphatic heterocycles. The van der Waals surface area contributed by atoms with Crippen molar-refractivity contribution in [2.75, 3.05) is 23.8 Å². The zero-order chi connectivity index (χ0) is 24.8. The van der Waals surface area contributed by atoms with Gasteiger partial charge in [-0.05, 0) is 31.0 Å². The van der Waals surface area contributed by atoms with E-state index in [2.05, 4.69) is 24.8 Å². The molecule has 0 fully saturated rings. The molecule has 0 bridgehead atoms. The number of carboxylic acids is 1. The van der Waals surface area contributed by atoms with Gasteiger partial charge in [-0.3, -0.25) is 9.11 Å². The topological polar surface area (TPSA) is 114 Å². The number of benzene rings is 2. The lowest BCUT2D eigenvalue weighted by Gasteiger charge is -2.42. The lowest BCUT2D eigenvalue weighted by Crippen LogP contribution is -2.37. The van der Waals surface area contributed by atoms with E-state index in [0.29, 0.717) is 17.1 Å². The number of hydrogen-bond acceptors (Lipinski definition) is 6. The Labute approximate surface area is 203 Å². The maximum absolute atomic E-state index is 11.5. The summed E-state index contributed by atoms with van der Waals surface area (Å²) in [6.45, 7) is 4.25. The van der Waals surface area contributed by atoms with E-state index in [4.69, 9.17) is 9.84 Å². The monoisotopic (exact) mass is 486 g/mol. The number of ether oxygens (including phenoxy) is 1. The molecule has 34 heavy (non-hydrogen) atoms. The van der Waals surface area contributed by atoms with E-state index >= 15 is 0 Å². The molecule has 1 heterocycles. The zero-order valence-corrected chi connectivity index (χ0v) is 20.7. The molecule has 0 spiro atoms. The van der Waals surface area contributed by atoms with Crippen LogP contribution in [-0.4, -0.2) is 39.1 Å². The number of para-hydroxylation sites is 1. The second-order valence-electron chi connectivity index (χ2n) is 9.05. The van der Waals surface area contributed by atoms with Gasteiger partial charge in [-0.25, -0.2) is 4.79 Å². The maximum Gasteiger partial charge on any atom is 0.341 e. The first-order valence-electron chi connectivity index (χ1n) is 11.8. The number of unbranched alkanes of at least 4 members (excludes halogenated alkanes) is 2. The SMILES string of the molecule is CCCCC1(CCCC)CN(c2ccccc2)c2cc(C#N)c(OCC(=O)O)cc2S(O)(O)C1. The zero-order valence-electron chi connectivity index (χ0n) is 19.9. The van der Waals surface area contributed by atoms with E-state index < -0.39 is 23.2 Å². The molecule has 2 aromatic rings. The number of carbonyl (C=O) groups is 1. The van der Waals surface area contributed by atoms with E-state index in [0.717, 1.165) is 44.2 Å². The first kappa shape index (κ1) is 25.9. The van der Waals surface area contributed by atoms with Crippen molar-refractivity contribution in [1.82, 2.24) is 0 Å². The van der Waals surface area contributed by atoms with E-state index in [1.807, 2.05) is 30.3 Å². The van der Waals surface area contributed by atoms with Crippen LogP contribution in [0.5, 0.6) is 5.75 Å². The van der Waals surface area contributed by atoms with Crippen LogP contribution in [-0.2, 0) is 4.79 Å². The van der Waals surface area contributed by atoms with E-state index in [1.54, 1.807) is 6.07 Å². The van der Waals surface area contributed by atoms with Gasteiger partial charge in [0.1, 0.15) is 11.8 Å². The second-order valence-corrected chi connectivity index (χ2v) is 11.1. The highest BCUT2D eigenvalue weighted by Crippen LogP contribution is 2.61. The molecule has 0 aliphatic carbocycles. The molecule has 8 heteroatoms. The van der Waals surface area contributed by atoms with Crippen LogP contribution in [0.25, 0.3) is 0 Å². The van der Waals surface area contributed by atoms with Gasteiger partial charge in [0.15, 0.2) is 6.61 Å². The summed E-state index contributed by atoms with van der Waals surface area (Å²) in [7, 11) is -3.25. The van der Waals surface area contributed by atoms with Crippen LogP contribution >= 0.6 is 10.6 Å². The Balaban J connectivity index is 2.22. The fraction of sp³-hybridized carbons (Fsp3) is 0.462. The first-order valence-corrected chi connectivity index (χ1v) is 13.5. The smallest absolute Gasteiger partial charge is 0.341 e. The number of nitrogens with zero attached hydrogens (tertiary/aromatic N) is 2. The average Bonchev–Trinajstić information content (AvgIpc) is 2.92. The van der Waals surface area contributed by atoms with Crippen LogP contribution in [0.2, 0.25) is 0 Å². The molecule has 3 rings (SSSR count). The highest BCUT2D eigenvalue weighted by molar-refractivity contribution is 8.24. The van der Waals surface area contributed by atoms with Crippen LogP contribution < -0.4 is 9.64 Å². The molecule has 0 unspecified atom stereocenters. The quantitative estimate of drug-likeness (QED) is 0.344. The molecular formula is C26H34N2O5S. The normalized spacial score (nSPS) is 17.2. The van der Waals surface area contributed by atoms with Crippen molar-refractivity contribution in [2.24, 2.45) is 5.41 Å². The fourth-order valence-corrected chi connectivity index (χ4v) is 6.90. The molecule has 7 nitrogen and oxygen atoms in total. The van der Waals surface area contributed by atoms with Gasteiger partial charge >= 0.3 is 5.97 Å². The highest BCUT2D eigenvalue weighted by Gasteiger charge is 2.42. The van der Waals surface area contributed by atoms with Crippen LogP contribution in [0.3, 0.4) is 0 Å². The lowest BCUT2D eigenvalue weighted by atomic mass is 9.79. The Kier molecular flexibility index (Phi) is 8.47. The third-order valence-electron chi connectivity index (χ3n) is 6.37. The molecule has 2 aromatic carbocycles. The summed E-state index contributed by atoms with van der Waals surface area (Å²) < 4.78 is 28.4. The molecule has 184 valence electrons. The summed E-state index contributed by atoms with van der Waals surface area (Å²) in [5.41, 5.74) is 1.29. The summed E-state index contributed by atoms with van der Waals surface area (Å²) in [4.78, 5) is 13.4. The van der Waals surface area contributed by atoms with Crippen molar-refractivity contribution in [3.63, 3.8) is 0 Å². The minimum atomic E-state index is -3.25. The van der Waals surface area contributed by atoms with Gasteiger partial charge < -0.3 is 14.7 Å². The second kappa shape index (κ2) is 11.1. The van der Waals surface area contributed by atoms with Crippen molar-refractivity contribution < 1.29 is 23.7 Å². The molecule has 0 amide bonds. The first-order chi connectivity index (χ1) is 16.2. The maximum atomic E-state index is 11.5. The van der Waals surface area contributed by atoms with Gasteiger partial charge in [0.25, 0.3) is 0 Å².